The van der Waals surface area contributed by atoms with E-state index in [2.05, 4.69) is 10.5 Å². The Kier molecular flexibility index (Phi) is 4.14. The van der Waals surface area contributed by atoms with E-state index in [0.29, 0.717) is 12.1 Å². The predicted octanol–water partition coefficient (Wildman–Crippen LogP) is 2.39. The van der Waals surface area contributed by atoms with Gasteiger partial charge in [-0.1, -0.05) is 11.6 Å². The summed E-state index contributed by atoms with van der Waals surface area (Å²) in [5.74, 6) is 4.12. The van der Waals surface area contributed by atoms with Crippen molar-refractivity contribution in [2.24, 2.45) is 5.84 Å². The van der Waals surface area contributed by atoms with Crippen molar-refractivity contribution in [1.82, 2.24) is 15.2 Å². The van der Waals surface area contributed by atoms with Gasteiger partial charge in [0.15, 0.2) is 0 Å². The summed E-state index contributed by atoms with van der Waals surface area (Å²) < 4.78 is 29.0. The van der Waals surface area contributed by atoms with Crippen molar-refractivity contribution in [3.05, 3.63) is 52.3 Å². The molecule has 7 heteroatoms. The normalized spacial score (nSPS) is 12.7. The standard InChI is InChI=1S/C12H13ClF2N4/c1-2-19-6-7(5-17-19)12(18-16)8-3-11(15)9(13)4-10(8)14/h3-6,12,18H,2,16H2,1H3. The van der Waals surface area contributed by atoms with Crippen molar-refractivity contribution in [2.75, 3.05) is 0 Å². The van der Waals surface area contributed by atoms with Gasteiger partial charge in [-0.2, -0.15) is 5.10 Å². The minimum Gasteiger partial charge on any atom is -0.273 e. The summed E-state index contributed by atoms with van der Waals surface area (Å²) in [5, 5.41) is 3.81. The zero-order valence-corrected chi connectivity index (χ0v) is 11.0. The number of aryl methyl sites for hydroxylation is 1. The Labute approximate surface area is 114 Å². The van der Waals surface area contributed by atoms with Gasteiger partial charge in [0, 0.05) is 23.9 Å². The minimum absolute atomic E-state index is 0.0834. The first-order valence-corrected chi connectivity index (χ1v) is 6.07. The molecule has 0 amide bonds. The minimum atomic E-state index is -0.693. The number of rotatable bonds is 4. The largest absolute Gasteiger partial charge is 0.273 e. The van der Waals surface area contributed by atoms with Crippen LogP contribution in [0.25, 0.3) is 0 Å². The highest BCUT2D eigenvalue weighted by Crippen LogP contribution is 2.27. The zero-order valence-electron chi connectivity index (χ0n) is 10.2. The smallest absolute Gasteiger partial charge is 0.142 e. The van der Waals surface area contributed by atoms with E-state index in [9.17, 15) is 8.78 Å². The zero-order chi connectivity index (χ0) is 14.0. The lowest BCUT2D eigenvalue weighted by atomic mass is 10.0. The van der Waals surface area contributed by atoms with Crippen LogP contribution in [-0.2, 0) is 6.54 Å². The molecule has 0 aliphatic heterocycles. The summed E-state index contributed by atoms with van der Waals surface area (Å²) in [4.78, 5) is 0. The van der Waals surface area contributed by atoms with E-state index in [4.69, 9.17) is 17.4 Å². The van der Waals surface area contributed by atoms with Gasteiger partial charge >= 0.3 is 0 Å². The van der Waals surface area contributed by atoms with Gasteiger partial charge in [-0.05, 0) is 19.1 Å². The van der Waals surface area contributed by atoms with Crippen LogP contribution < -0.4 is 11.3 Å². The highest BCUT2D eigenvalue weighted by atomic mass is 35.5. The molecule has 0 fully saturated rings. The molecule has 0 aliphatic rings. The van der Waals surface area contributed by atoms with Crippen LogP contribution in [0.5, 0.6) is 0 Å². The fraction of sp³-hybridized carbons (Fsp3) is 0.250. The van der Waals surface area contributed by atoms with Crippen LogP contribution in [0.2, 0.25) is 5.02 Å². The first-order valence-electron chi connectivity index (χ1n) is 5.69. The van der Waals surface area contributed by atoms with Crippen molar-refractivity contribution in [2.45, 2.75) is 19.5 Å². The predicted molar refractivity (Wildman–Crippen MR) is 68.4 cm³/mol. The van der Waals surface area contributed by atoms with Gasteiger partial charge in [-0.3, -0.25) is 10.5 Å². The first kappa shape index (κ1) is 13.9. The van der Waals surface area contributed by atoms with Gasteiger partial charge in [0.05, 0.1) is 17.3 Å². The monoisotopic (exact) mass is 286 g/mol. The number of hydrogen-bond acceptors (Lipinski definition) is 3. The Morgan fingerprint density at radius 1 is 1.42 bits per heavy atom. The van der Waals surface area contributed by atoms with Crippen LogP contribution in [0.15, 0.2) is 24.5 Å². The first-order chi connectivity index (χ1) is 9.06. The van der Waals surface area contributed by atoms with Gasteiger partial charge in [0.1, 0.15) is 11.6 Å². The Morgan fingerprint density at radius 3 is 2.74 bits per heavy atom. The molecule has 0 bridgehead atoms. The van der Waals surface area contributed by atoms with Crippen molar-refractivity contribution in [3.8, 4) is 0 Å². The molecule has 1 unspecified atom stereocenters. The molecule has 1 aromatic heterocycles. The fourth-order valence-electron chi connectivity index (χ4n) is 1.83. The Balaban J connectivity index is 2.44. The number of nitrogens with one attached hydrogen (secondary N) is 1. The lowest BCUT2D eigenvalue weighted by Crippen LogP contribution is -2.29. The molecule has 0 saturated carbocycles. The maximum atomic E-state index is 13.9. The molecule has 1 heterocycles. The molecular formula is C12H13ClF2N4. The summed E-state index contributed by atoms with van der Waals surface area (Å²) >= 11 is 5.52. The van der Waals surface area contributed by atoms with Gasteiger partial charge < -0.3 is 0 Å². The van der Waals surface area contributed by atoms with E-state index in [0.717, 1.165) is 12.1 Å². The SMILES string of the molecule is CCn1cc(C(NN)c2cc(F)c(Cl)cc2F)cn1. The van der Waals surface area contributed by atoms with Gasteiger partial charge in [0.25, 0.3) is 0 Å². The summed E-state index contributed by atoms with van der Waals surface area (Å²) in [7, 11) is 0. The highest BCUT2D eigenvalue weighted by molar-refractivity contribution is 6.30. The topological polar surface area (TPSA) is 55.9 Å². The maximum absolute atomic E-state index is 13.9. The number of nitrogens with zero attached hydrogens (tertiary/aromatic N) is 2. The molecular weight excluding hydrogens is 274 g/mol. The maximum Gasteiger partial charge on any atom is 0.142 e. The second-order valence-corrected chi connectivity index (χ2v) is 4.42. The number of aromatic nitrogens is 2. The molecule has 102 valence electrons. The quantitative estimate of drug-likeness (QED) is 0.515. The summed E-state index contributed by atoms with van der Waals surface area (Å²) in [6.07, 6.45) is 3.27. The molecule has 0 radical (unpaired) electrons. The average molecular weight is 287 g/mol. The lowest BCUT2D eigenvalue weighted by molar-refractivity contribution is 0.545. The fourth-order valence-corrected chi connectivity index (χ4v) is 1.98. The van der Waals surface area contributed by atoms with E-state index in [-0.39, 0.29) is 10.6 Å². The molecule has 2 aromatic rings. The number of halogens is 3. The number of nitrogens with two attached hydrogens (primary N) is 1. The number of benzene rings is 1. The molecule has 1 atom stereocenters. The molecule has 3 N–H and O–H groups in total. The van der Waals surface area contributed by atoms with E-state index >= 15 is 0 Å². The summed E-state index contributed by atoms with van der Waals surface area (Å²) in [6.45, 7) is 2.60. The molecule has 4 nitrogen and oxygen atoms in total. The van der Waals surface area contributed by atoms with Crippen LogP contribution >= 0.6 is 11.6 Å². The van der Waals surface area contributed by atoms with Crippen LogP contribution in [0.4, 0.5) is 8.78 Å². The number of hydrazine groups is 1. The molecule has 0 spiro atoms. The van der Waals surface area contributed by atoms with Crippen LogP contribution in [0.3, 0.4) is 0 Å². The third kappa shape index (κ3) is 2.75. The van der Waals surface area contributed by atoms with Crippen molar-refractivity contribution in [3.63, 3.8) is 0 Å². The van der Waals surface area contributed by atoms with E-state index in [1.807, 2.05) is 6.92 Å². The van der Waals surface area contributed by atoms with Gasteiger partial charge in [-0.15, -0.1) is 0 Å². The highest BCUT2D eigenvalue weighted by Gasteiger charge is 2.20. The second kappa shape index (κ2) is 5.64. The molecule has 1 aromatic carbocycles. The van der Waals surface area contributed by atoms with Gasteiger partial charge in [0.2, 0.25) is 0 Å². The molecule has 0 aliphatic carbocycles. The van der Waals surface area contributed by atoms with Crippen molar-refractivity contribution < 1.29 is 8.78 Å². The van der Waals surface area contributed by atoms with Gasteiger partial charge in [-0.25, -0.2) is 14.2 Å². The Hall–Kier alpha value is -1.50. The third-order valence-electron chi connectivity index (χ3n) is 2.83. The van der Waals surface area contributed by atoms with Crippen LogP contribution in [-0.4, -0.2) is 9.78 Å². The van der Waals surface area contributed by atoms with Crippen LogP contribution in [0.1, 0.15) is 24.1 Å². The summed E-state index contributed by atoms with van der Waals surface area (Å²) in [5.41, 5.74) is 3.18. The molecule has 19 heavy (non-hydrogen) atoms. The number of hydrogen-bond donors (Lipinski definition) is 2. The van der Waals surface area contributed by atoms with E-state index in [1.54, 1.807) is 17.1 Å². The van der Waals surface area contributed by atoms with Crippen molar-refractivity contribution >= 4 is 11.6 Å². The Morgan fingerprint density at radius 2 is 2.16 bits per heavy atom. The molecule has 0 saturated heterocycles. The molecule has 2 rings (SSSR count). The van der Waals surface area contributed by atoms with Crippen molar-refractivity contribution in [1.29, 1.82) is 0 Å². The van der Waals surface area contributed by atoms with E-state index in [1.165, 1.54) is 0 Å². The van der Waals surface area contributed by atoms with E-state index < -0.39 is 17.7 Å². The Bertz CT molecular complexity index is 585. The summed E-state index contributed by atoms with van der Waals surface area (Å²) in [6, 6.07) is 1.28. The average Bonchev–Trinajstić information content (AvgIpc) is 2.85. The second-order valence-electron chi connectivity index (χ2n) is 4.02. The third-order valence-corrected chi connectivity index (χ3v) is 3.12. The van der Waals surface area contributed by atoms with Crippen LogP contribution in [0, 0.1) is 11.6 Å². The lowest BCUT2D eigenvalue weighted by Gasteiger charge is -2.16.